The molecule has 0 aliphatic heterocycles. The van der Waals surface area contributed by atoms with Crippen LogP contribution >= 0.6 is 0 Å². The maximum Gasteiger partial charge on any atom is 0.119 e. The highest BCUT2D eigenvalue weighted by molar-refractivity contribution is 5.81. The first-order chi connectivity index (χ1) is 10.3. The molecule has 0 amide bonds. The smallest absolute Gasteiger partial charge is 0.119 e. The SMILES string of the molecule is COc1ccc2c(c1)C(Nc1ccc3[nH]ncc3c1)CC2. The molecule has 106 valence electrons. The summed E-state index contributed by atoms with van der Waals surface area (Å²) in [5.41, 5.74) is 4.96. The third-order valence-electron chi connectivity index (χ3n) is 4.21. The number of fused-ring (bicyclic) bond motifs is 2. The van der Waals surface area contributed by atoms with Gasteiger partial charge in [0.2, 0.25) is 0 Å². The molecule has 0 saturated carbocycles. The number of benzene rings is 2. The molecule has 21 heavy (non-hydrogen) atoms. The van der Waals surface area contributed by atoms with Crippen LogP contribution in [0.2, 0.25) is 0 Å². The Kier molecular flexibility index (Phi) is 2.81. The highest BCUT2D eigenvalue weighted by Crippen LogP contribution is 2.36. The molecule has 1 aliphatic carbocycles. The second-order valence-corrected chi connectivity index (χ2v) is 5.47. The largest absolute Gasteiger partial charge is 0.497 e. The third kappa shape index (κ3) is 2.13. The second kappa shape index (κ2) is 4.81. The van der Waals surface area contributed by atoms with Crippen molar-refractivity contribution in [3.05, 3.63) is 53.7 Å². The van der Waals surface area contributed by atoms with E-state index in [4.69, 9.17) is 4.74 Å². The number of nitrogens with zero attached hydrogens (tertiary/aromatic N) is 1. The highest BCUT2D eigenvalue weighted by atomic mass is 16.5. The fraction of sp³-hybridized carbons (Fsp3) is 0.235. The molecule has 1 aliphatic rings. The molecule has 0 fully saturated rings. The van der Waals surface area contributed by atoms with Gasteiger partial charge in [0.15, 0.2) is 0 Å². The van der Waals surface area contributed by atoms with Crippen molar-refractivity contribution in [2.75, 3.05) is 12.4 Å². The average molecular weight is 279 g/mol. The van der Waals surface area contributed by atoms with Crippen molar-refractivity contribution in [2.45, 2.75) is 18.9 Å². The molecular formula is C17H17N3O. The Morgan fingerprint density at radius 3 is 3.10 bits per heavy atom. The van der Waals surface area contributed by atoms with Crippen LogP contribution in [0, 0.1) is 0 Å². The van der Waals surface area contributed by atoms with Gasteiger partial charge in [-0.05, 0) is 54.3 Å². The summed E-state index contributed by atoms with van der Waals surface area (Å²) in [6.45, 7) is 0. The average Bonchev–Trinajstić information content (AvgIpc) is 3.13. The maximum atomic E-state index is 5.35. The summed E-state index contributed by atoms with van der Waals surface area (Å²) in [7, 11) is 1.71. The molecule has 1 aromatic heterocycles. The van der Waals surface area contributed by atoms with Crippen molar-refractivity contribution in [1.82, 2.24) is 10.2 Å². The second-order valence-electron chi connectivity index (χ2n) is 5.47. The Labute approximate surface area is 123 Å². The Morgan fingerprint density at radius 2 is 2.19 bits per heavy atom. The lowest BCUT2D eigenvalue weighted by atomic mass is 10.1. The predicted molar refractivity (Wildman–Crippen MR) is 83.8 cm³/mol. The molecule has 4 nitrogen and oxygen atoms in total. The van der Waals surface area contributed by atoms with Crippen LogP contribution in [0.3, 0.4) is 0 Å². The monoisotopic (exact) mass is 279 g/mol. The molecule has 1 atom stereocenters. The minimum absolute atomic E-state index is 0.347. The minimum atomic E-state index is 0.347. The number of H-pyrrole nitrogens is 1. The number of methoxy groups -OCH3 is 1. The number of anilines is 1. The van der Waals surface area contributed by atoms with Gasteiger partial charge >= 0.3 is 0 Å². The van der Waals surface area contributed by atoms with E-state index in [1.54, 1.807) is 7.11 Å². The summed E-state index contributed by atoms with van der Waals surface area (Å²) in [6.07, 6.45) is 4.09. The lowest BCUT2D eigenvalue weighted by molar-refractivity contribution is 0.414. The van der Waals surface area contributed by atoms with Gasteiger partial charge in [-0.15, -0.1) is 0 Å². The van der Waals surface area contributed by atoms with Gasteiger partial charge in [-0.25, -0.2) is 0 Å². The van der Waals surface area contributed by atoms with E-state index in [-0.39, 0.29) is 0 Å². The van der Waals surface area contributed by atoms with Crippen LogP contribution < -0.4 is 10.1 Å². The first kappa shape index (κ1) is 12.3. The van der Waals surface area contributed by atoms with Crippen LogP contribution in [0.1, 0.15) is 23.6 Å². The lowest BCUT2D eigenvalue weighted by Crippen LogP contribution is -2.07. The summed E-state index contributed by atoms with van der Waals surface area (Å²) < 4.78 is 5.35. The molecule has 2 aromatic carbocycles. The summed E-state index contributed by atoms with van der Waals surface area (Å²) >= 11 is 0. The molecule has 0 radical (unpaired) electrons. The van der Waals surface area contributed by atoms with Gasteiger partial charge < -0.3 is 10.1 Å². The molecule has 3 aromatic rings. The molecular weight excluding hydrogens is 262 g/mol. The molecule has 4 rings (SSSR count). The zero-order chi connectivity index (χ0) is 14.2. The van der Waals surface area contributed by atoms with E-state index >= 15 is 0 Å². The van der Waals surface area contributed by atoms with Gasteiger partial charge in [0.05, 0.1) is 24.9 Å². The molecule has 0 bridgehead atoms. The van der Waals surface area contributed by atoms with E-state index in [0.717, 1.165) is 35.2 Å². The normalized spacial score (nSPS) is 16.9. The molecule has 1 heterocycles. The third-order valence-corrected chi connectivity index (χ3v) is 4.21. The maximum absolute atomic E-state index is 5.35. The molecule has 0 saturated heterocycles. The first-order valence-electron chi connectivity index (χ1n) is 7.20. The topological polar surface area (TPSA) is 49.9 Å². The van der Waals surface area contributed by atoms with Crippen molar-refractivity contribution in [3.8, 4) is 5.75 Å². The number of rotatable bonds is 3. The van der Waals surface area contributed by atoms with E-state index in [1.165, 1.54) is 11.1 Å². The number of aromatic amines is 1. The fourth-order valence-corrected chi connectivity index (χ4v) is 3.09. The Bertz CT molecular complexity index is 794. The Morgan fingerprint density at radius 1 is 1.24 bits per heavy atom. The van der Waals surface area contributed by atoms with Crippen LogP contribution in [0.5, 0.6) is 5.75 Å². The Hall–Kier alpha value is -2.49. The van der Waals surface area contributed by atoms with Gasteiger partial charge in [-0.1, -0.05) is 6.07 Å². The van der Waals surface area contributed by atoms with Crippen molar-refractivity contribution in [1.29, 1.82) is 0 Å². The van der Waals surface area contributed by atoms with Crippen molar-refractivity contribution in [3.63, 3.8) is 0 Å². The zero-order valence-electron chi connectivity index (χ0n) is 11.9. The standard InChI is InChI=1S/C17H17N3O/c1-21-14-5-2-11-3-6-17(15(11)9-14)19-13-4-7-16-12(8-13)10-18-20-16/h2,4-5,7-10,17,19H,3,6H2,1H3,(H,18,20). The van der Waals surface area contributed by atoms with Crippen LogP contribution in [-0.2, 0) is 6.42 Å². The van der Waals surface area contributed by atoms with E-state index in [2.05, 4.69) is 45.8 Å². The quantitative estimate of drug-likeness (QED) is 0.769. The number of aryl methyl sites for hydroxylation is 1. The summed E-state index contributed by atoms with van der Waals surface area (Å²) in [6, 6.07) is 13.0. The van der Waals surface area contributed by atoms with Gasteiger partial charge in [0.25, 0.3) is 0 Å². The summed E-state index contributed by atoms with van der Waals surface area (Å²) in [4.78, 5) is 0. The number of hydrogen-bond donors (Lipinski definition) is 2. The number of nitrogens with one attached hydrogen (secondary N) is 2. The zero-order valence-corrected chi connectivity index (χ0v) is 11.9. The van der Waals surface area contributed by atoms with Crippen LogP contribution in [0.15, 0.2) is 42.6 Å². The molecule has 0 spiro atoms. The van der Waals surface area contributed by atoms with Crippen molar-refractivity contribution in [2.24, 2.45) is 0 Å². The number of hydrogen-bond acceptors (Lipinski definition) is 3. The van der Waals surface area contributed by atoms with Crippen LogP contribution in [0.25, 0.3) is 10.9 Å². The van der Waals surface area contributed by atoms with E-state index < -0.39 is 0 Å². The van der Waals surface area contributed by atoms with Crippen LogP contribution in [-0.4, -0.2) is 17.3 Å². The van der Waals surface area contributed by atoms with Gasteiger partial charge in [0.1, 0.15) is 5.75 Å². The van der Waals surface area contributed by atoms with Crippen molar-refractivity contribution < 1.29 is 4.74 Å². The lowest BCUT2D eigenvalue weighted by Gasteiger charge is -2.16. The van der Waals surface area contributed by atoms with Gasteiger partial charge in [-0.3, -0.25) is 5.10 Å². The first-order valence-corrected chi connectivity index (χ1v) is 7.20. The van der Waals surface area contributed by atoms with Gasteiger partial charge in [-0.2, -0.15) is 5.10 Å². The molecule has 1 unspecified atom stereocenters. The van der Waals surface area contributed by atoms with Crippen molar-refractivity contribution >= 4 is 16.6 Å². The number of aromatic nitrogens is 2. The Balaban J connectivity index is 1.64. The summed E-state index contributed by atoms with van der Waals surface area (Å²) in [5.74, 6) is 0.924. The van der Waals surface area contributed by atoms with E-state index in [0.29, 0.717) is 6.04 Å². The minimum Gasteiger partial charge on any atom is -0.497 e. The highest BCUT2D eigenvalue weighted by Gasteiger charge is 2.22. The van der Waals surface area contributed by atoms with E-state index in [1.807, 2.05) is 12.3 Å². The van der Waals surface area contributed by atoms with Crippen LogP contribution in [0.4, 0.5) is 5.69 Å². The van der Waals surface area contributed by atoms with Gasteiger partial charge in [0, 0.05) is 11.1 Å². The van der Waals surface area contributed by atoms with E-state index in [9.17, 15) is 0 Å². The molecule has 4 heteroatoms. The fourth-order valence-electron chi connectivity index (χ4n) is 3.09. The number of ether oxygens (including phenoxy) is 1. The predicted octanol–water partition coefficient (Wildman–Crippen LogP) is 3.67. The molecule has 2 N–H and O–H groups in total. The summed E-state index contributed by atoms with van der Waals surface area (Å²) in [5, 5.41) is 11.8.